The summed E-state index contributed by atoms with van der Waals surface area (Å²) in [4.78, 5) is 14.9. The van der Waals surface area contributed by atoms with Gasteiger partial charge >= 0.3 is 0 Å². The lowest BCUT2D eigenvalue weighted by Crippen LogP contribution is -2.35. The van der Waals surface area contributed by atoms with Crippen LogP contribution in [-0.4, -0.2) is 46.2 Å². The highest BCUT2D eigenvalue weighted by Gasteiger charge is 2.10. The van der Waals surface area contributed by atoms with Crippen LogP contribution in [-0.2, 0) is 11.3 Å². The smallest absolute Gasteiger partial charge is 0.158 e. The molecule has 0 bridgehead atoms. The maximum absolute atomic E-state index is 5.75. The molecule has 0 aliphatic carbocycles. The van der Waals surface area contributed by atoms with E-state index in [-0.39, 0.29) is 0 Å². The minimum Gasteiger partial charge on any atom is -0.381 e. The zero-order valence-electron chi connectivity index (χ0n) is 12.5. The summed E-state index contributed by atoms with van der Waals surface area (Å²) in [5.74, 6) is 6.17. The first-order valence-electron chi connectivity index (χ1n) is 7.26. The standard InChI is InChI=1S/C16H16BrN5O/c17-15-10-20-16(18)14(21-15)4-3-13-2-1-12(9-19-13)11-22-5-7-23-8-6-22/h1-2,9-10H,5-8,11H2,(H2,18,20). The van der Waals surface area contributed by atoms with Crippen molar-refractivity contribution in [3.63, 3.8) is 0 Å². The second-order valence-corrected chi connectivity index (χ2v) is 5.93. The highest BCUT2D eigenvalue weighted by Crippen LogP contribution is 2.10. The number of nitrogens with zero attached hydrogens (tertiary/aromatic N) is 4. The summed E-state index contributed by atoms with van der Waals surface area (Å²) in [6.07, 6.45) is 3.40. The molecule has 0 spiro atoms. The fourth-order valence-corrected chi connectivity index (χ4v) is 2.48. The molecule has 3 heterocycles. The molecule has 0 amide bonds. The highest BCUT2D eigenvalue weighted by molar-refractivity contribution is 9.10. The first kappa shape index (κ1) is 15.9. The Balaban J connectivity index is 1.68. The highest BCUT2D eigenvalue weighted by atomic mass is 79.9. The van der Waals surface area contributed by atoms with Crippen molar-refractivity contribution in [3.8, 4) is 11.8 Å². The molecule has 0 radical (unpaired) electrons. The van der Waals surface area contributed by atoms with Gasteiger partial charge < -0.3 is 10.5 Å². The number of nitrogens with two attached hydrogens (primary N) is 1. The van der Waals surface area contributed by atoms with Crippen LogP contribution in [0.2, 0.25) is 0 Å². The van der Waals surface area contributed by atoms with E-state index in [1.54, 1.807) is 6.20 Å². The van der Waals surface area contributed by atoms with Crippen molar-refractivity contribution in [2.45, 2.75) is 6.54 Å². The number of aromatic nitrogens is 3. The minimum absolute atomic E-state index is 0.310. The second kappa shape index (κ2) is 7.51. The third-order valence-electron chi connectivity index (χ3n) is 3.41. The van der Waals surface area contributed by atoms with Gasteiger partial charge in [-0.25, -0.2) is 15.0 Å². The van der Waals surface area contributed by atoms with Crippen molar-refractivity contribution in [2.75, 3.05) is 32.0 Å². The van der Waals surface area contributed by atoms with Crippen molar-refractivity contribution >= 4 is 21.7 Å². The summed E-state index contributed by atoms with van der Waals surface area (Å²) >= 11 is 3.25. The van der Waals surface area contributed by atoms with E-state index in [1.165, 1.54) is 5.56 Å². The van der Waals surface area contributed by atoms with Gasteiger partial charge in [0.2, 0.25) is 0 Å². The Kier molecular flexibility index (Phi) is 5.18. The quantitative estimate of drug-likeness (QED) is 0.802. The van der Waals surface area contributed by atoms with Crippen molar-refractivity contribution < 1.29 is 4.74 Å². The van der Waals surface area contributed by atoms with Gasteiger partial charge in [0, 0.05) is 25.8 Å². The molecule has 0 unspecified atom stereocenters. The number of hydrogen-bond acceptors (Lipinski definition) is 6. The van der Waals surface area contributed by atoms with E-state index in [4.69, 9.17) is 10.5 Å². The third-order valence-corrected chi connectivity index (χ3v) is 3.80. The molecule has 1 aliphatic heterocycles. The van der Waals surface area contributed by atoms with Crippen LogP contribution in [0.25, 0.3) is 0 Å². The number of morpholine rings is 1. The van der Waals surface area contributed by atoms with Gasteiger partial charge in [-0.1, -0.05) is 6.07 Å². The van der Waals surface area contributed by atoms with Crippen molar-refractivity contribution in [1.82, 2.24) is 19.9 Å². The van der Waals surface area contributed by atoms with Crippen molar-refractivity contribution in [3.05, 3.63) is 46.1 Å². The maximum atomic E-state index is 5.75. The summed E-state index contributed by atoms with van der Waals surface area (Å²) in [7, 11) is 0. The molecule has 2 aromatic heterocycles. The Morgan fingerprint density at radius 3 is 2.74 bits per heavy atom. The molecule has 0 saturated carbocycles. The lowest BCUT2D eigenvalue weighted by atomic mass is 10.2. The van der Waals surface area contributed by atoms with Gasteiger partial charge in [0.1, 0.15) is 10.3 Å². The zero-order chi connectivity index (χ0) is 16.1. The van der Waals surface area contributed by atoms with E-state index in [1.807, 2.05) is 18.3 Å². The first-order chi connectivity index (χ1) is 11.2. The maximum Gasteiger partial charge on any atom is 0.158 e. The van der Waals surface area contributed by atoms with Gasteiger partial charge in [0.25, 0.3) is 0 Å². The van der Waals surface area contributed by atoms with Crippen LogP contribution in [0.15, 0.2) is 29.1 Å². The number of hydrogen-bond donors (Lipinski definition) is 1. The predicted molar refractivity (Wildman–Crippen MR) is 90.5 cm³/mol. The molecular formula is C16H16BrN5O. The van der Waals surface area contributed by atoms with Crippen LogP contribution in [0.3, 0.4) is 0 Å². The van der Waals surface area contributed by atoms with Gasteiger partial charge in [0.15, 0.2) is 11.5 Å². The van der Waals surface area contributed by atoms with Crippen LogP contribution in [0.4, 0.5) is 5.82 Å². The van der Waals surface area contributed by atoms with Crippen LogP contribution in [0, 0.1) is 11.8 Å². The SMILES string of the molecule is Nc1ncc(Br)nc1C#Cc1ccc(CN2CCOCC2)cn1. The van der Waals surface area contributed by atoms with E-state index in [0.29, 0.717) is 21.8 Å². The van der Waals surface area contributed by atoms with E-state index in [0.717, 1.165) is 32.8 Å². The largest absolute Gasteiger partial charge is 0.381 e. The molecule has 1 aliphatic rings. The Morgan fingerprint density at radius 1 is 1.17 bits per heavy atom. The monoisotopic (exact) mass is 373 g/mol. The van der Waals surface area contributed by atoms with Gasteiger partial charge in [-0.3, -0.25) is 4.90 Å². The fourth-order valence-electron chi connectivity index (χ4n) is 2.20. The predicted octanol–water partition coefficient (Wildman–Crippen LogP) is 1.45. The lowest BCUT2D eigenvalue weighted by molar-refractivity contribution is 0.0341. The number of anilines is 1. The van der Waals surface area contributed by atoms with Gasteiger partial charge in [-0.05, 0) is 39.4 Å². The Bertz CT molecular complexity index is 732. The molecule has 0 atom stereocenters. The van der Waals surface area contributed by atoms with Crippen LogP contribution in [0.1, 0.15) is 17.0 Å². The average molecular weight is 374 g/mol. The topological polar surface area (TPSA) is 77.2 Å². The normalized spacial score (nSPS) is 15.0. The summed E-state index contributed by atoms with van der Waals surface area (Å²) in [6, 6.07) is 3.95. The molecule has 3 rings (SSSR count). The summed E-state index contributed by atoms with van der Waals surface area (Å²) < 4.78 is 5.95. The molecule has 7 heteroatoms. The van der Waals surface area contributed by atoms with Gasteiger partial charge in [0.05, 0.1) is 19.4 Å². The number of pyridine rings is 1. The molecule has 23 heavy (non-hydrogen) atoms. The molecule has 6 nitrogen and oxygen atoms in total. The molecule has 2 aromatic rings. The minimum atomic E-state index is 0.310. The van der Waals surface area contributed by atoms with E-state index in [2.05, 4.69) is 47.6 Å². The average Bonchev–Trinajstić information content (AvgIpc) is 2.58. The third kappa shape index (κ3) is 4.48. The molecule has 2 N–H and O–H groups in total. The molecular weight excluding hydrogens is 358 g/mol. The van der Waals surface area contributed by atoms with E-state index >= 15 is 0 Å². The van der Waals surface area contributed by atoms with Gasteiger partial charge in [-0.2, -0.15) is 0 Å². The van der Waals surface area contributed by atoms with E-state index in [9.17, 15) is 0 Å². The van der Waals surface area contributed by atoms with E-state index < -0.39 is 0 Å². The van der Waals surface area contributed by atoms with Crippen LogP contribution < -0.4 is 5.73 Å². The first-order valence-corrected chi connectivity index (χ1v) is 8.05. The Hall–Kier alpha value is -2.01. The van der Waals surface area contributed by atoms with Crippen molar-refractivity contribution in [2.24, 2.45) is 0 Å². The molecule has 118 valence electrons. The molecule has 1 fully saturated rings. The number of halogens is 1. The van der Waals surface area contributed by atoms with Crippen LogP contribution >= 0.6 is 15.9 Å². The number of ether oxygens (including phenoxy) is 1. The summed E-state index contributed by atoms with van der Waals surface area (Å²) in [5.41, 5.74) is 8.04. The summed E-state index contributed by atoms with van der Waals surface area (Å²) in [5, 5.41) is 0. The van der Waals surface area contributed by atoms with Crippen molar-refractivity contribution in [1.29, 1.82) is 0 Å². The number of rotatable bonds is 2. The zero-order valence-corrected chi connectivity index (χ0v) is 14.1. The van der Waals surface area contributed by atoms with Gasteiger partial charge in [-0.15, -0.1) is 0 Å². The lowest BCUT2D eigenvalue weighted by Gasteiger charge is -2.26. The number of nitrogen functional groups attached to an aromatic ring is 1. The Labute approximate surface area is 143 Å². The summed E-state index contributed by atoms with van der Waals surface area (Å²) in [6.45, 7) is 4.40. The molecule has 1 saturated heterocycles. The Morgan fingerprint density at radius 2 is 2.00 bits per heavy atom. The fraction of sp³-hybridized carbons (Fsp3) is 0.312. The second-order valence-electron chi connectivity index (χ2n) is 5.12. The van der Waals surface area contributed by atoms with Crippen LogP contribution in [0.5, 0.6) is 0 Å². The molecule has 0 aromatic carbocycles.